The Bertz CT molecular complexity index is 565. The van der Waals surface area contributed by atoms with Crippen molar-refractivity contribution in [3.05, 3.63) is 57.2 Å². The summed E-state index contributed by atoms with van der Waals surface area (Å²) < 4.78 is 18.5. The minimum atomic E-state index is -0.396. The third-order valence-corrected chi connectivity index (χ3v) is 3.32. The van der Waals surface area contributed by atoms with Crippen LogP contribution in [0.3, 0.4) is 0 Å². The molecule has 0 amide bonds. The molecule has 0 N–H and O–H groups in total. The quantitative estimate of drug-likeness (QED) is 0.792. The Kier molecular flexibility index (Phi) is 3.64. The van der Waals surface area contributed by atoms with Crippen molar-refractivity contribution in [2.75, 3.05) is 0 Å². The Balaban J connectivity index is 2.21. The molecular formula is C12H7BrClFO2. The maximum atomic E-state index is 13.2. The highest BCUT2D eigenvalue weighted by Gasteiger charge is 2.14. The highest BCUT2D eigenvalue weighted by Crippen LogP contribution is 2.22. The second-order valence-corrected chi connectivity index (χ2v) is 4.58. The molecule has 1 heterocycles. The highest BCUT2D eigenvalue weighted by atomic mass is 79.9. The Morgan fingerprint density at radius 2 is 2.12 bits per heavy atom. The van der Waals surface area contributed by atoms with Gasteiger partial charge in [0.15, 0.2) is 11.0 Å². The van der Waals surface area contributed by atoms with E-state index in [9.17, 15) is 9.18 Å². The number of Topliss-reactive ketones (excluding diaryl/α,β-unsaturated/α-hetero) is 1. The number of carbonyl (C=O) groups excluding carboxylic acids is 1. The van der Waals surface area contributed by atoms with Crippen LogP contribution in [0.5, 0.6) is 0 Å². The van der Waals surface area contributed by atoms with Crippen LogP contribution < -0.4 is 0 Å². The van der Waals surface area contributed by atoms with E-state index in [0.717, 1.165) is 0 Å². The Morgan fingerprint density at radius 1 is 1.35 bits per heavy atom. The molecule has 1 aromatic carbocycles. The Labute approximate surface area is 111 Å². The van der Waals surface area contributed by atoms with Gasteiger partial charge < -0.3 is 4.42 Å². The zero-order valence-corrected chi connectivity index (χ0v) is 10.9. The summed E-state index contributed by atoms with van der Waals surface area (Å²) in [7, 11) is 0. The van der Waals surface area contributed by atoms with Crippen LogP contribution in [0.2, 0.25) is 5.22 Å². The fraction of sp³-hybridized carbons (Fsp3) is 0.0833. The summed E-state index contributed by atoms with van der Waals surface area (Å²) in [6, 6.07) is 7.54. The number of carbonyl (C=O) groups is 1. The van der Waals surface area contributed by atoms with Crippen molar-refractivity contribution in [1.29, 1.82) is 0 Å². The molecule has 0 spiro atoms. The average molecular weight is 318 g/mol. The SMILES string of the molecule is O=C(Cc1cccc(F)c1Br)c1ccc(Cl)o1. The van der Waals surface area contributed by atoms with Gasteiger partial charge in [-0.05, 0) is 51.3 Å². The van der Waals surface area contributed by atoms with Crippen molar-refractivity contribution >= 4 is 33.3 Å². The molecular weight excluding hydrogens is 310 g/mol. The molecule has 0 aliphatic carbocycles. The molecule has 2 nitrogen and oxygen atoms in total. The zero-order chi connectivity index (χ0) is 12.4. The number of furan rings is 1. The molecule has 0 atom stereocenters. The van der Waals surface area contributed by atoms with Crippen molar-refractivity contribution in [2.24, 2.45) is 0 Å². The molecule has 0 bridgehead atoms. The summed E-state index contributed by atoms with van der Waals surface area (Å²) in [5.41, 5.74) is 0.572. The van der Waals surface area contributed by atoms with Gasteiger partial charge in [-0.15, -0.1) is 0 Å². The summed E-state index contributed by atoms with van der Waals surface area (Å²) in [6.45, 7) is 0. The second-order valence-electron chi connectivity index (χ2n) is 3.42. The molecule has 0 saturated heterocycles. The molecule has 88 valence electrons. The van der Waals surface area contributed by atoms with Crippen LogP contribution in [0.1, 0.15) is 16.1 Å². The van der Waals surface area contributed by atoms with Crippen molar-refractivity contribution in [2.45, 2.75) is 6.42 Å². The van der Waals surface area contributed by atoms with Crippen molar-refractivity contribution < 1.29 is 13.6 Å². The lowest BCUT2D eigenvalue weighted by atomic mass is 10.1. The first-order chi connectivity index (χ1) is 8.08. The summed E-state index contributed by atoms with van der Waals surface area (Å²) in [5.74, 6) is -0.470. The molecule has 2 rings (SSSR count). The van der Waals surface area contributed by atoms with Crippen molar-refractivity contribution in [3.8, 4) is 0 Å². The molecule has 0 radical (unpaired) electrons. The van der Waals surface area contributed by atoms with Crippen LogP contribution >= 0.6 is 27.5 Å². The monoisotopic (exact) mass is 316 g/mol. The summed E-state index contributed by atoms with van der Waals surface area (Å²) in [4.78, 5) is 11.8. The number of halogens is 3. The van der Waals surface area contributed by atoms with Gasteiger partial charge in [0, 0.05) is 6.42 Å². The van der Waals surface area contributed by atoms with E-state index in [2.05, 4.69) is 15.9 Å². The van der Waals surface area contributed by atoms with Gasteiger partial charge >= 0.3 is 0 Å². The van der Waals surface area contributed by atoms with Crippen molar-refractivity contribution in [1.82, 2.24) is 0 Å². The fourth-order valence-electron chi connectivity index (χ4n) is 1.41. The number of ketones is 1. The van der Waals surface area contributed by atoms with E-state index in [0.29, 0.717) is 10.0 Å². The molecule has 2 aromatic rings. The maximum Gasteiger partial charge on any atom is 0.202 e. The zero-order valence-electron chi connectivity index (χ0n) is 8.54. The lowest BCUT2D eigenvalue weighted by Gasteiger charge is -2.03. The first-order valence-electron chi connectivity index (χ1n) is 4.79. The third kappa shape index (κ3) is 2.76. The fourth-order valence-corrected chi connectivity index (χ4v) is 1.96. The number of rotatable bonds is 3. The van der Waals surface area contributed by atoms with Gasteiger partial charge in [-0.1, -0.05) is 12.1 Å². The van der Waals surface area contributed by atoms with E-state index < -0.39 is 5.82 Å². The predicted octanol–water partition coefficient (Wildman–Crippen LogP) is 4.26. The minimum absolute atomic E-state index is 0.0577. The molecule has 0 saturated carbocycles. The number of hydrogen-bond acceptors (Lipinski definition) is 2. The normalized spacial score (nSPS) is 10.5. The molecule has 0 fully saturated rings. The Morgan fingerprint density at radius 3 is 2.76 bits per heavy atom. The first-order valence-corrected chi connectivity index (χ1v) is 5.96. The van der Waals surface area contributed by atoms with Crippen molar-refractivity contribution in [3.63, 3.8) is 0 Å². The van der Waals surface area contributed by atoms with Gasteiger partial charge in [0.25, 0.3) is 0 Å². The van der Waals surface area contributed by atoms with E-state index in [1.165, 1.54) is 18.2 Å². The predicted molar refractivity (Wildman–Crippen MR) is 65.9 cm³/mol. The van der Waals surface area contributed by atoms with Gasteiger partial charge in [-0.2, -0.15) is 0 Å². The van der Waals surface area contributed by atoms with Gasteiger partial charge in [-0.25, -0.2) is 4.39 Å². The molecule has 0 aliphatic rings. The minimum Gasteiger partial charge on any atom is -0.442 e. The summed E-state index contributed by atoms with van der Waals surface area (Å²) in [6.07, 6.45) is 0.0577. The number of benzene rings is 1. The summed E-state index contributed by atoms with van der Waals surface area (Å²) in [5, 5.41) is 0.159. The average Bonchev–Trinajstić information content (AvgIpc) is 2.72. The lowest BCUT2D eigenvalue weighted by Crippen LogP contribution is -2.03. The van der Waals surface area contributed by atoms with Crippen LogP contribution in [-0.4, -0.2) is 5.78 Å². The molecule has 1 aromatic heterocycles. The van der Waals surface area contributed by atoms with E-state index in [1.807, 2.05) is 0 Å². The molecule has 5 heteroatoms. The largest absolute Gasteiger partial charge is 0.442 e. The molecule has 17 heavy (non-hydrogen) atoms. The van der Waals surface area contributed by atoms with Gasteiger partial charge in [0.1, 0.15) is 5.82 Å². The Hall–Kier alpha value is -1.13. The van der Waals surface area contributed by atoms with E-state index in [4.69, 9.17) is 16.0 Å². The number of hydrogen-bond donors (Lipinski definition) is 0. The van der Waals surface area contributed by atoms with E-state index in [-0.39, 0.29) is 23.2 Å². The van der Waals surface area contributed by atoms with E-state index in [1.54, 1.807) is 12.1 Å². The van der Waals surface area contributed by atoms with Crippen LogP contribution in [0.4, 0.5) is 4.39 Å². The lowest BCUT2D eigenvalue weighted by molar-refractivity contribution is 0.0966. The van der Waals surface area contributed by atoms with Crippen LogP contribution in [-0.2, 0) is 6.42 Å². The van der Waals surface area contributed by atoms with Crippen LogP contribution in [0.25, 0.3) is 0 Å². The third-order valence-electron chi connectivity index (χ3n) is 2.23. The highest BCUT2D eigenvalue weighted by molar-refractivity contribution is 9.10. The van der Waals surface area contributed by atoms with Gasteiger partial charge in [0.05, 0.1) is 4.47 Å². The summed E-state index contributed by atoms with van der Waals surface area (Å²) >= 11 is 8.68. The molecule has 0 aliphatic heterocycles. The van der Waals surface area contributed by atoms with Crippen LogP contribution in [0, 0.1) is 5.82 Å². The van der Waals surface area contributed by atoms with Gasteiger partial charge in [0.2, 0.25) is 5.78 Å². The standard InChI is InChI=1S/C12H7BrClFO2/c13-12-7(2-1-3-8(12)15)6-9(16)10-4-5-11(14)17-10/h1-5H,6H2. The second kappa shape index (κ2) is 5.02. The van der Waals surface area contributed by atoms with E-state index >= 15 is 0 Å². The maximum absolute atomic E-state index is 13.2. The molecule has 0 unspecified atom stereocenters. The topological polar surface area (TPSA) is 30.2 Å². The first kappa shape index (κ1) is 12.3. The smallest absolute Gasteiger partial charge is 0.202 e. The van der Waals surface area contributed by atoms with Gasteiger partial charge in [-0.3, -0.25) is 4.79 Å². The van der Waals surface area contributed by atoms with Crippen LogP contribution in [0.15, 0.2) is 39.2 Å².